The predicted molar refractivity (Wildman–Crippen MR) is 113 cm³/mol. The van der Waals surface area contributed by atoms with Crippen LogP contribution in [0.1, 0.15) is 5.69 Å². The first-order valence-electron chi connectivity index (χ1n) is 8.55. The van der Waals surface area contributed by atoms with Gasteiger partial charge in [-0.2, -0.15) is 0 Å². The van der Waals surface area contributed by atoms with Crippen LogP contribution in [-0.4, -0.2) is 21.5 Å². The lowest BCUT2D eigenvalue weighted by Crippen LogP contribution is -2.54. The number of para-hydroxylation sites is 1. The van der Waals surface area contributed by atoms with E-state index in [4.69, 9.17) is 23.8 Å². The van der Waals surface area contributed by atoms with Crippen LogP contribution in [0.15, 0.2) is 72.4 Å². The van der Waals surface area contributed by atoms with Gasteiger partial charge in [-0.15, -0.1) is 0 Å². The van der Waals surface area contributed by atoms with Gasteiger partial charge in [0, 0.05) is 17.6 Å². The van der Waals surface area contributed by atoms with E-state index in [-0.39, 0.29) is 16.5 Å². The first kappa shape index (κ1) is 19.0. The molecule has 0 saturated carbocycles. The third-order valence-electron chi connectivity index (χ3n) is 4.37. The molecule has 8 heteroatoms. The number of thiocarbonyl (C=S) groups is 1. The van der Waals surface area contributed by atoms with E-state index in [2.05, 4.69) is 5.32 Å². The van der Waals surface area contributed by atoms with Crippen molar-refractivity contribution in [2.75, 3.05) is 4.90 Å². The van der Waals surface area contributed by atoms with E-state index in [1.54, 1.807) is 59.3 Å². The molecule has 0 radical (unpaired) electrons. The fraction of sp³-hybridized carbons (Fsp3) is 0. The molecule has 0 aliphatic carbocycles. The monoisotopic (exact) mass is 425 g/mol. The Morgan fingerprint density at radius 3 is 2.45 bits per heavy atom. The molecule has 5 nitrogen and oxygen atoms in total. The molecule has 2 amide bonds. The Labute approximate surface area is 176 Å². The zero-order valence-corrected chi connectivity index (χ0v) is 16.4. The van der Waals surface area contributed by atoms with Crippen LogP contribution in [0.2, 0.25) is 5.02 Å². The Morgan fingerprint density at radius 2 is 1.72 bits per heavy atom. The van der Waals surface area contributed by atoms with Crippen LogP contribution in [0.3, 0.4) is 0 Å². The Morgan fingerprint density at radius 1 is 1.00 bits per heavy atom. The fourth-order valence-electron chi connectivity index (χ4n) is 3.01. The van der Waals surface area contributed by atoms with E-state index in [1.807, 2.05) is 0 Å². The maximum Gasteiger partial charge on any atom is 0.270 e. The summed E-state index contributed by atoms with van der Waals surface area (Å²) < 4.78 is 15.0. The second-order valence-electron chi connectivity index (χ2n) is 6.19. The smallest absolute Gasteiger partial charge is 0.270 e. The molecule has 4 rings (SSSR count). The molecule has 2 aromatic carbocycles. The number of anilines is 1. The molecule has 1 N–H and O–H groups in total. The van der Waals surface area contributed by atoms with Crippen molar-refractivity contribution in [2.45, 2.75) is 0 Å². The lowest BCUT2D eigenvalue weighted by molar-refractivity contribution is -0.122. The third-order valence-corrected chi connectivity index (χ3v) is 4.98. The van der Waals surface area contributed by atoms with Gasteiger partial charge in [-0.3, -0.25) is 19.8 Å². The van der Waals surface area contributed by atoms with Gasteiger partial charge in [0.25, 0.3) is 11.8 Å². The van der Waals surface area contributed by atoms with Gasteiger partial charge in [-0.1, -0.05) is 23.7 Å². The standard InChI is InChI=1S/C21H13ClFN3O2S/c22-17-5-1-2-6-18(17)26-20(28)16(19(27)24-21(26)29)12-15-4-3-11-25(15)14-9-7-13(23)8-10-14/h1-12H,(H,24,27,29)/b16-12+. The summed E-state index contributed by atoms with van der Waals surface area (Å²) >= 11 is 11.4. The van der Waals surface area contributed by atoms with Crippen molar-refractivity contribution < 1.29 is 14.0 Å². The molecule has 1 aliphatic heterocycles. The van der Waals surface area contributed by atoms with Crippen LogP contribution < -0.4 is 10.2 Å². The largest absolute Gasteiger partial charge is 0.317 e. The van der Waals surface area contributed by atoms with E-state index < -0.39 is 11.8 Å². The van der Waals surface area contributed by atoms with Gasteiger partial charge < -0.3 is 4.57 Å². The molecule has 1 fully saturated rings. The SMILES string of the molecule is O=C1NC(=S)N(c2ccccc2Cl)C(=O)/C1=C/c1cccn1-c1ccc(F)cc1. The van der Waals surface area contributed by atoms with E-state index >= 15 is 0 Å². The summed E-state index contributed by atoms with van der Waals surface area (Å²) in [6.07, 6.45) is 3.22. The van der Waals surface area contributed by atoms with Gasteiger partial charge in [-0.05, 0) is 66.8 Å². The number of amides is 2. The van der Waals surface area contributed by atoms with Crippen molar-refractivity contribution >= 4 is 52.5 Å². The number of carbonyl (C=O) groups is 2. The van der Waals surface area contributed by atoms with Crippen LogP contribution in [-0.2, 0) is 9.59 Å². The summed E-state index contributed by atoms with van der Waals surface area (Å²) in [5, 5.41) is 2.81. The highest BCUT2D eigenvalue weighted by Crippen LogP contribution is 2.29. The van der Waals surface area contributed by atoms with Gasteiger partial charge in [0.1, 0.15) is 11.4 Å². The summed E-state index contributed by atoms with van der Waals surface area (Å²) in [4.78, 5) is 26.8. The van der Waals surface area contributed by atoms with Gasteiger partial charge in [0.2, 0.25) is 0 Å². The molecule has 1 aromatic heterocycles. The average Bonchev–Trinajstić information content (AvgIpc) is 3.15. The Kier molecular flexibility index (Phi) is 5.00. The minimum absolute atomic E-state index is 0.0424. The number of halogens is 2. The lowest BCUT2D eigenvalue weighted by atomic mass is 10.1. The first-order chi connectivity index (χ1) is 14.0. The summed E-state index contributed by atoms with van der Waals surface area (Å²) in [5.74, 6) is -1.54. The number of hydrogen-bond donors (Lipinski definition) is 1. The number of rotatable bonds is 3. The summed E-state index contributed by atoms with van der Waals surface area (Å²) in [5.41, 5.74) is 1.54. The van der Waals surface area contributed by atoms with Crippen molar-refractivity contribution in [2.24, 2.45) is 0 Å². The number of nitrogens with one attached hydrogen (secondary N) is 1. The Balaban J connectivity index is 1.76. The molecule has 0 unspecified atom stereocenters. The van der Waals surface area contributed by atoms with E-state index in [1.165, 1.54) is 23.1 Å². The first-order valence-corrected chi connectivity index (χ1v) is 9.33. The number of carbonyl (C=O) groups excluding carboxylic acids is 2. The normalized spacial score (nSPS) is 15.7. The average molecular weight is 426 g/mol. The van der Waals surface area contributed by atoms with Gasteiger partial charge in [0.15, 0.2) is 5.11 Å². The quantitative estimate of drug-likeness (QED) is 0.390. The Bertz CT molecular complexity index is 1170. The van der Waals surface area contributed by atoms with Crippen molar-refractivity contribution in [1.82, 2.24) is 9.88 Å². The number of benzene rings is 2. The summed E-state index contributed by atoms with van der Waals surface area (Å²) in [7, 11) is 0. The highest BCUT2D eigenvalue weighted by molar-refractivity contribution is 7.80. The molecule has 1 saturated heterocycles. The van der Waals surface area contributed by atoms with Crippen LogP contribution in [0, 0.1) is 5.82 Å². The third kappa shape index (κ3) is 3.57. The topological polar surface area (TPSA) is 54.3 Å². The van der Waals surface area contributed by atoms with E-state index in [0.29, 0.717) is 22.1 Å². The molecule has 3 aromatic rings. The minimum atomic E-state index is -0.602. The predicted octanol–water partition coefficient (Wildman–Crippen LogP) is 4.10. The Hall–Kier alpha value is -3.29. The van der Waals surface area contributed by atoms with Crippen molar-refractivity contribution in [1.29, 1.82) is 0 Å². The van der Waals surface area contributed by atoms with Crippen molar-refractivity contribution in [3.8, 4) is 5.69 Å². The van der Waals surface area contributed by atoms with Crippen molar-refractivity contribution in [3.63, 3.8) is 0 Å². The number of nitrogens with zero attached hydrogens (tertiary/aromatic N) is 2. The van der Waals surface area contributed by atoms with Crippen LogP contribution in [0.5, 0.6) is 0 Å². The summed E-state index contributed by atoms with van der Waals surface area (Å²) in [6, 6.07) is 16.1. The highest BCUT2D eigenvalue weighted by atomic mass is 35.5. The van der Waals surface area contributed by atoms with Crippen LogP contribution in [0.4, 0.5) is 10.1 Å². The molecular weight excluding hydrogens is 413 g/mol. The minimum Gasteiger partial charge on any atom is -0.317 e. The molecule has 0 atom stereocenters. The van der Waals surface area contributed by atoms with E-state index in [0.717, 1.165) is 0 Å². The second-order valence-corrected chi connectivity index (χ2v) is 6.98. The molecular formula is C21H13ClFN3O2S. The number of hydrogen-bond acceptors (Lipinski definition) is 3. The maximum atomic E-state index is 13.2. The lowest BCUT2D eigenvalue weighted by Gasteiger charge is -2.29. The van der Waals surface area contributed by atoms with Gasteiger partial charge in [0.05, 0.1) is 10.7 Å². The fourth-order valence-corrected chi connectivity index (χ4v) is 3.50. The van der Waals surface area contributed by atoms with Gasteiger partial charge >= 0.3 is 0 Å². The highest BCUT2D eigenvalue weighted by Gasteiger charge is 2.35. The molecule has 0 spiro atoms. The maximum absolute atomic E-state index is 13.2. The second kappa shape index (κ2) is 7.62. The zero-order chi connectivity index (χ0) is 20.5. The van der Waals surface area contributed by atoms with Crippen LogP contribution in [0.25, 0.3) is 11.8 Å². The molecule has 29 heavy (non-hydrogen) atoms. The molecule has 144 valence electrons. The zero-order valence-electron chi connectivity index (χ0n) is 14.8. The number of aromatic nitrogens is 1. The van der Waals surface area contributed by atoms with Crippen molar-refractivity contribution in [3.05, 3.63) is 89.0 Å². The summed E-state index contributed by atoms with van der Waals surface area (Å²) in [6.45, 7) is 0. The van der Waals surface area contributed by atoms with Crippen LogP contribution >= 0.6 is 23.8 Å². The molecule has 1 aliphatic rings. The molecule has 0 bridgehead atoms. The van der Waals surface area contributed by atoms with Gasteiger partial charge in [-0.25, -0.2) is 4.39 Å². The molecule has 2 heterocycles. The van der Waals surface area contributed by atoms with E-state index in [9.17, 15) is 14.0 Å².